The van der Waals surface area contributed by atoms with Crippen LogP contribution >= 0.6 is 8.58 Å². The minimum Gasteiger partial charge on any atom is -0.486 e. The van der Waals surface area contributed by atoms with Gasteiger partial charge in [0.25, 0.3) is 5.91 Å². The number of hydrogen-bond donors (Lipinski definition) is 1. The van der Waals surface area contributed by atoms with E-state index >= 15 is 0 Å². The highest BCUT2D eigenvalue weighted by Crippen LogP contribution is 2.46. The summed E-state index contributed by atoms with van der Waals surface area (Å²) in [5, 5.41) is 4.53. The number of amides is 1. The van der Waals surface area contributed by atoms with E-state index < -0.39 is 0 Å². The van der Waals surface area contributed by atoms with E-state index in [1.807, 2.05) is 29.3 Å². The minimum absolute atomic E-state index is 0.0404. The molecule has 3 atom stereocenters. The summed E-state index contributed by atoms with van der Waals surface area (Å²) in [6.07, 6.45) is 8.14. The van der Waals surface area contributed by atoms with Crippen molar-refractivity contribution in [2.24, 2.45) is 0 Å². The standard InChI is InChI=1S/C21H24N3O3P/c1-14-12-23(7-6-22-14)16-3-5-21-24(13-16)20(25)11-19(28-21)15-2-4-17-18(10-15)27-9-8-26-17/h2-5,10-11,13-14,21-22,28H,6-9,12H2,1H3/t14-,21?/m0/s1. The average Bonchev–Trinajstić information content (AvgIpc) is 2.73. The van der Waals surface area contributed by atoms with Crippen LogP contribution in [0.4, 0.5) is 0 Å². The molecule has 4 heterocycles. The number of fused-ring (bicyclic) bond motifs is 2. The maximum absolute atomic E-state index is 12.9. The van der Waals surface area contributed by atoms with Gasteiger partial charge in [-0.2, -0.15) is 0 Å². The van der Waals surface area contributed by atoms with Crippen LogP contribution < -0.4 is 14.8 Å². The predicted molar refractivity (Wildman–Crippen MR) is 111 cm³/mol. The summed E-state index contributed by atoms with van der Waals surface area (Å²) in [6, 6.07) is 6.41. The summed E-state index contributed by atoms with van der Waals surface area (Å²) in [4.78, 5) is 17.1. The molecule has 1 fully saturated rings. The van der Waals surface area contributed by atoms with Crippen LogP contribution in [-0.2, 0) is 4.79 Å². The lowest BCUT2D eigenvalue weighted by atomic mass is 10.1. The number of nitrogens with zero attached hydrogens (tertiary/aromatic N) is 2. The van der Waals surface area contributed by atoms with E-state index in [0.29, 0.717) is 27.8 Å². The largest absolute Gasteiger partial charge is 0.486 e. The molecule has 0 aliphatic carbocycles. The molecule has 0 radical (unpaired) electrons. The Labute approximate surface area is 166 Å². The normalized spacial score (nSPS) is 27.4. The van der Waals surface area contributed by atoms with Gasteiger partial charge in [0.05, 0.1) is 11.5 Å². The number of benzene rings is 1. The maximum Gasteiger partial charge on any atom is 0.252 e. The van der Waals surface area contributed by atoms with Gasteiger partial charge in [0.1, 0.15) is 13.2 Å². The van der Waals surface area contributed by atoms with Crippen LogP contribution in [0.25, 0.3) is 5.31 Å². The fraction of sp³-hybridized carbons (Fsp3) is 0.381. The van der Waals surface area contributed by atoms with Crippen LogP contribution in [0.5, 0.6) is 11.5 Å². The number of ether oxygens (including phenoxy) is 2. The Kier molecular flexibility index (Phi) is 4.61. The quantitative estimate of drug-likeness (QED) is 0.777. The lowest BCUT2D eigenvalue weighted by Gasteiger charge is -2.39. The summed E-state index contributed by atoms with van der Waals surface area (Å²) in [5.41, 5.74) is 2.16. The Bertz CT molecular complexity index is 895. The van der Waals surface area contributed by atoms with Gasteiger partial charge < -0.3 is 24.6 Å². The van der Waals surface area contributed by atoms with E-state index in [9.17, 15) is 4.79 Å². The molecule has 1 saturated heterocycles. The van der Waals surface area contributed by atoms with Crippen molar-refractivity contribution in [2.75, 3.05) is 32.8 Å². The Balaban J connectivity index is 1.38. The number of piperazine rings is 1. The van der Waals surface area contributed by atoms with Crippen molar-refractivity contribution in [1.29, 1.82) is 0 Å². The number of carbonyl (C=O) groups is 1. The van der Waals surface area contributed by atoms with Gasteiger partial charge in [-0.3, -0.25) is 4.79 Å². The molecule has 0 aromatic heterocycles. The summed E-state index contributed by atoms with van der Waals surface area (Å²) < 4.78 is 11.3. The molecule has 5 rings (SSSR count). The molecule has 4 aliphatic heterocycles. The smallest absolute Gasteiger partial charge is 0.252 e. The van der Waals surface area contributed by atoms with Gasteiger partial charge in [-0.15, -0.1) is 0 Å². The molecule has 1 aromatic rings. The van der Waals surface area contributed by atoms with Crippen molar-refractivity contribution in [3.63, 3.8) is 0 Å². The second kappa shape index (κ2) is 7.26. The number of hydrogen-bond acceptors (Lipinski definition) is 5. The first-order valence-electron chi connectivity index (χ1n) is 9.76. The number of carbonyl (C=O) groups excluding carboxylic acids is 1. The maximum atomic E-state index is 12.9. The van der Waals surface area contributed by atoms with Crippen LogP contribution in [0.3, 0.4) is 0 Å². The summed E-state index contributed by atoms with van der Waals surface area (Å²) in [6.45, 7) is 6.24. The van der Waals surface area contributed by atoms with Crippen LogP contribution in [0.1, 0.15) is 12.5 Å². The third-order valence-corrected chi connectivity index (χ3v) is 6.94. The van der Waals surface area contributed by atoms with E-state index in [0.717, 1.165) is 47.7 Å². The van der Waals surface area contributed by atoms with Gasteiger partial charge >= 0.3 is 0 Å². The molecule has 0 bridgehead atoms. The summed E-state index contributed by atoms with van der Waals surface area (Å²) in [7, 11) is 0.500. The Hall–Kier alpha value is -2.30. The molecule has 146 valence electrons. The third kappa shape index (κ3) is 3.31. The van der Waals surface area contributed by atoms with Gasteiger partial charge in [-0.25, -0.2) is 0 Å². The summed E-state index contributed by atoms with van der Waals surface area (Å²) in [5.74, 6) is 1.67. The second-order valence-corrected chi connectivity index (χ2v) is 8.88. The molecular weight excluding hydrogens is 373 g/mol. The second-order valence-electron chi connectivity index (χ2n) is 7.47. The van der Waals surface area contributed by atoms with Crippen LogP contribution in [0, 0.1) is 0 Å². The van der Waals surface area contributed by atoms with Gasteiger partial charge in [0, 0.05) is 38.0 Å². The molecule has 4 aliphatic rings. The van der Waals surface area contributed by atoms with E-state index in [4.69, 9.17) is 9.47 Å². The molecule has 7 heteroatoms. The first kappa shape index (κ1) is 17.8. The zero-order valence-corrected chi connectivity index (χ0v) is 16.9. The van der Waals surface area contributed by atoms with Crippen molar-refractivity contribution in [2.45, 2.75) is 18.7 Å². The Morgan fingerprint density at radius 3 is 2.93 bits per heavy atom. The number of rotatable bonds is 2. The lowest BCUT2D eigenvalue weighted by molar-refractivity contribution is -0.123. The van der Waals surface area contributed by atoms with E-state index in [1.54, 1.807) is 6.08 Å². The van der Waals surface area contributed by atoms with Crippen molar-refractivity contribution in [3.8, 4) is 11.5 Å². The number of nitrogens with one attached hydrogen (secondary N) is 1. The fourth-order valence-electron chi connectivity index (χ4n) is 4.00. The van der Waals surface area contributed by atoms with E-state index in [2.05, 4.69) is 29.3 Å². The van der Waals surface area contributed by atoms with Gasteiger partial charge in [-0.05, 0) is 36.0 Å². The third-order valence-electron chi connectivity index (χ3n) is 5.43. The minimum atomic E-state index is 0.0404. The van der Waals surface area contributed by atoms with Gasteiger partial charge in [0.2, 0.25) is 0 Å². The highest BCUT2D eigenvalue weighted by Gasteiger charge is 2.30. The molecule has 0 saturated carbocycles. The Morgan fingerprint density at radius 2 is 2.07 bits per heavy atom. The first-order chi connectivity index (χ1) is 13.7. The van der Waals surface area contributed by atoms with E-state index in [1.165, 1.54) is 0 Å². The lowest BCUT2D eigenvalue weighted by Crippen LogP contribution is -2.49. The van der Waals surface area contributed by atoms with Crippen molar-refractivity contribution < 1.29 is 14.3 Å². The van der Waals surface area contributed by atoms with Crippen LogP contribution in [0.2, 0.25) is 0 Å². The van der Waals surface area contributed by atoms with Crippen LogP contribution in [-0.4, -0.2) is 60.4 Å². The summed E-state index contributed by atoms with van der Waals surface area (Å²) >= 11 is 0. The molecular formula is C21H24N3O3P. The van der Waals surface area contributed by atoms with Crippen molar-refractivity contribution in [3.05, 3.63) is 53.9 Å². The number of allylic oxidation sites excluding steroid dienone is 1. The molecule has 1 amide bonds. The predicted octanol–water partition coefficient (Wildman–Crippen LogP) is 2.35. The fourth-order valence-corrected chi connectivity index (χ4v) is 5.38. The highest BCUT2D eigenvalue weighted by atomic mass is 31.1. The highest BCUT2D eigenvalue weighted by molar-refractivity contribution is 7.51. The molecule has 0 spiro atoms. The van der Waals surface area contributed by atoms with Gasteiger partial charge in [0.15, 0.2) is 11.5 Å². The first-order valence-corrected chi connectivity index (χ1v) is 10.8. The molecule has 1 aromatic carbocycles. The Morgan fingerprint density at radius 1 is 1.21 bits per heavy atom. The van der Waals surface area contributed by atoms with Crippen molar-refractivity contribution >= 4 is 19.8 Å². The molecule has 1 N–H and O–H groups in total. The molecule has 2 unspecified atom stereocenters. The van der Waals surface area contributed by atoms with Crippen molar-refractivity contribution in [1.82, 2.24) is 15.1 Å². The van der Waals surface area contributed by atoms with Crippen LogP contribution in [0.15, 0.2) is 48.3 Å². The average molecular weight is 397 g/mol. The van der Waals surface area contributed by atoms with E-state index in [-0.39, 0.29) is 11.7 Å². The SMILES string of the molecule is C[C@H]1CN(C2=CN3C(=O)C=C(c4ccc5c(c4)OCCO5)PC3C=C2)CCN1. The topological polar surface area (TPSA) is 54.0 Å². The molecule has 28 heavy (non-hydrogen) atoms. The zero-order valence-electron chi connectivity index (χ0n) is 15.9. The zero-order chi connectivity index (χ0) is 19.1. The monoisotopic (exact) mass is 397 g/mol. The molecule has 6 nitrogen and oxygen atoms in total. The van der Waals surface area contributed by atoms with Gasteiger partial charge in [-0.1, -0.05) is 20.7 Å².